The lowest BCUT2D eigenvalue weighted by Crippen LogP contribution is -2.43. The van der Waals surface area contributed by atoms with Crippen LogP contribution >= 0.6 is 0 Å². The second kappa shape index (κ2) is 8.38. The molecule has 1 aromatic carbocycles. The molecule has 3 heteroatoms. The molecule has 0 saturated heterocycles. The number of hydrogen-bond acceptors (Lipinski definition) is 2. The molecule has 0 spiro atoms. The second-order valence-electron chi connectivity index (χ2n) is 5.76. The first kappa shape index (κ1) is 17.1. The first-order chi connectivity index (χ1) is 9.51. The van der Waals surface area contributed by atoms with Gasteiger partial charge < -0.3 is 10.2 Å². The van der Waals surface area contributed by atoms with E-state index in [1.165, 1.54) is 18.9 Å². The Labute approximate surface area is 123 Å². The molecule has 0 heterocycles. The first-order valence-corrected chi connectivity index (χ1v) is 7.65. The minimum absolute atomic E-state index is 0.0352. The summed E-state index contributed by atoms with van der Waals surface area (Å²) in [5, 5.41) is 3.49. The average molecular weight is 280 g/mol. The maximum Gasteiger partial charge on any atom is 0.127 e. The van der Waals surface area contributed by atoms with E-state index < -0.39 is 0 Å². The van der Waals surface area contributed by atoms with Crippen LogP contribution in [-0.4, -0.2) is 31.6 Å². The lowest BCUT2D eigenvalue weighted by molar-refractivity contribution is 0.190. The van der Waals surface area contributed by atoms with E-state index in [4.69, 9.17) is 0 Å². The van der Waals surface area contributed by atoms with Gasteiger partial charge in [-0.05, 0) is 33.0 Å². The van der Waals surface area contributed by atoms with Gasteiger partial charge in [0.15, 0.2) is 0 Å². The molecule has 1 aromatic rings. The van der Waals surface area contributed by atoms with Gasteiger partial charge in [0.05, 0.1) is 0 Å². The molecule has 2 nitrogen and oxygen atoms in total. The SMILES string of the molecule is CCC(CC)C(CNC(C)c1ccccc1F)N(C)C. The molecular formula is C17H29FN2. The van der Waals surface area contributed by atoms with Gasteiger partial charge in [-0.1, -0.05) is 44.9 Å². The van der Waals surface area contributed by atoms with Crippen molar-refractivity contribution in [3.8, 4) is 0 Å². The van der Waals surface area contributed by atoms with Crippen molar-refractivity contribution in [2.75, 3.05) is 20.6 Å². The third-order valence-corrected chi connectivity index (χ3v) is 4.26. The molecule has 0 amide bonds. The summed E-state index contributed by atoms with van der Waals surface area (Å²) in [7, 11) is 4.25. The van der Waals surface area contributed by atoms with E-state index in [9.17, 15) is 4.39 Å². The fraction of sp³-hybridized carbons (Fsp3) is 0.647. The highest BCUT2D eigenvalue weighted by Crippen LogP contribution is 2.19. The quantitative estimate of drug-likeness (QED) is 0.778. The second-order valence-corrected chi connectivity index (χ2v) is 5.76. The van der Waals surface area contributed by atoms with Crippen LogP contribution in [0.2, 0.25) is 0 Å². The van der Waals surface area contributed by atoms with E-state index in [2.05, 4.69) is 38.2 Å². The molecule has 2 atom stereocenters. The Morgan fingerprint density at radius 3 is 2.25 bits per heavy atom. The molecule has 114 valence electrons. The summed E-state index contributed by atoms with van der Waals surface area (Å²) < 4.78 is 13.8. The average Bonchev–Trinajstić information content (AvgIpc) is 2.43. The standard InChI is InChI=1S/C17H29FN2/c1-6-14(7-2)17(20(4)5)12-19-13(3)15-10-8-9-11-16(15)18/h8-11,13-14,17,19H,6-7,12H2,1-5H3. The van der Waals surface area contributed by atoms with Crippen LogP contribution in [-0.2, 0) is 0 Å². The van der Waals surface area contributed by atoms with Gasteiger partial charge in [0.25, 0.3) is 0 Å². The van der Waals surface area contributed by atoms with E-state index in [1.807, 2.05) is 19.1 Å². The van der Waals surface area contributed by atoms with Crippen LogP contribution in [0.1, 0.15) is 45.2 Å². The number of likely N-dealkylation sites (N-methyl/N-ethyl adjacent to an activating group) is 1. The van der Waals surface area contributed by atoms with Crippen LogP contribution in [0, 0.1) is 11.7 Å². The Hall–Kier alpha value is -0.930. The van der Waals surface area contributed by atoms with Crippen LogP contribution in [0.4, 0.5) is 4.39 Å². The van der Waals surface area contributed by atoms with Gasteiger partial charge in [-0.15, -0.1) is 0 Å². The summed E-state index contributed by atoms with van der Waals surface area (Å²) >= 11 is 0. The van der Waals surface area contributed by atoms with E-state index in [0.717, 1.165) is 12.1 Å². The van der Waals surface area contributed by atoms with Crippen molar-refractivity contribution in [1.82, 2.24) is 10.2 Å². The highest BCUT2D eigenvalue weighted by atomic mass is 19.1. The maximum absolute atomic E-state index is 13.8. The largest absolute Gasteiger partial charge is 0.309 e. The Balaban J connectivity index is 2.66. The predicted octanol–water partition coefficient (Wildman–Crippen LogP) is 3.84. The first-order valence-electron chi connectivity index (χ1n) is 7.65. The van der Waals surface area contributed by atoms with Crippen LogP contribution in [0.5, 0.6) is 0 Å². The molecule has 0 radical (unpaired) electrons. The molecular weight excluding hydrogens is 251 g/mol. The number of nitrogens with zero attached hydrogens (tertiary/aromatic N) is 1. The zero-order chi connectivity index (χ0) is 15.1. The summed E-state index contributed by atoms with van der Waals surface area (Å²) in [6.07, 6.45) is 2.35. The van der Waals surface area contributed by atoms with Crippen molar-refractivity contribution >= 4 is 0 Å². The molecule has 0 aromatic heterocycles. The lowest BCUT2D eigenvalue weighted by Gasteiger charge is -2.32. The number of benzene rings is 1. The van der Waals surface area contributed by atoms with Gasteiger partial charge in [-0.25, -0.2) is 4.39 Å². The molecule has 20 heavy (non-hydrogen) atoms. The third kappa shape index (κ3) is 4.57. The topological polar surface area (TPSA) is 15.3 Å². The summed E-state index contributed by atoms with van der Waals surface area (Å²) in [6, 6.07) is 7.53. The zero-order valence-corrected chi connectivity index (χ0v) is 13.5. The van der Waals surface area contributed by atoms with Gasteiger partial charge in [0.1, 0.15) is 5.82 Å². The summed E-state index contributed by atoms with van der Waals surface area (Å²) in [4.78, 5) is 2.28. The third-order valence-electron chi connectivity index (χ3n) is 4.26. The number of halogens is 1. The lowest BCUT2D eigenvalue weighted by atomic mass is 9.93. The zero-order valence-electron chi connectivity index (χ0n) is 13.5. The summed E-state index contributed by atoms with van der Waals surface area (Å²) in [5.74, 6) is 0.543. The van der Waals surface area contributed by atoms with Crippen molar-refractivity contribution < 1.29 is 4.39 Å². The molecule has 0 saturated carbocycles. The number of rotatable bonds is 8. The van der Waals surface area contributed by atoms with Crippen molar-refractivity contribution in [1.29, 1.82) is 0 Å². The molecule has 1 rings (SSSR count). The van der Waals surface area contributed by atoms with Crippen molar-refractivity contribution in [2.24, 2.45) is 5.92 Å². The van der Waals surface area contributed by atoms with E-state index in [1.54, 1.807) is 6.07 Å². The molecule has 0 fully saturated rings. The molecule has 1 N–H and O–H groups in total. The Morgan fingerprint density at radius 1 is 1.15 bits per heavy atom. The molecule has 0 aliphatic heterocycles. The van der Waals surface area contributed by atoms with Gasteiger partial charge in [-0.3, -0.25) is 0 Å². The fourth-order valence-electron chi connectivity index (χ4n) is 2.84. The Bertz CT molecular complexity index is 388. The van der Waals surface area contributed by atoms with Gasteiger partial charge in [0.2, 0.25) is 0 Å². The van der Waals surface area contributed by atoms with Crippen molar-refractivity contribution in [3.63, 3.8) is 0 Å². The van der Waals surface area contributed by atoms with E-state index in [0.29, 0.717) is 12.0 Å². The van der Waals surface area contributed by atoms with Crippen LogP contribution in [0.15, 0.2) is 24.3 Å². The molecule has 0 aliphatic rings. The minimum Gasteiger partial charge on any atom is -0.309 e. The summed E-state index contributed by atoms with van der Waals surface area (Å²) in [6.45, 7) is 7.39. The predicted molar refractivity (Wildman–Crippen MR) is 84.4 cm³/mol. The van der Waals surface area contributed by atoms with Gasteiger partial charge >= 0.3 is 0 Å². The van der Waals surface area contributed by atoms with E-state index in [-0.39, 0.29) is 11.9 Å². The summed E-state index contributed by atoms with van der Waals surface area (Å²) in [5.41, 5.74) is 0.745. The fourth-order valence-corrected chi connectivity index (χ4v) is 2.84. The van der Waals surface area contributed by atoms with Gasteiger partial charge in [0, 0.05) is 24.2 Å². The van der Waals surface area contributed by atoms with Crippen LogP contribution in [0.3, 0.4) is 0 Å². The highest BCUT2D eigenvalue weighted by Gasteiger charge is 2.21. The monoisotopic (exact) mass is 280 g/mol. The van der Waals surface area contributed by atoms with Crippen molar-refractivity contribution in [2.45, 2.75) is 45.7 Å². The minimum atomic E-state index is -0.128. The highest BCUT2D eigenvalue weighted by molar-refractivity contribution is 5.20. The van der Waals surface area contributed by atoms with Crippen LogP contribution < -0.4 is 5.32 Å². The molecule has 2 unspecified atom stereocenters. The normalized spacial score (nSPS) is 14.8. The van der Waals surface area contributed by atoms with Gasteiger partial charge in [-0.2, -0.15) is 0 Å². The number of hydrogen-bond donors (Lipinski definition) is 1. The van der Waals surface area contributed by atoms with Crippen LogP contribution in [0.25, 0.3) is 0 Å². The molecule has 0 bridgehead atoms. The molecule has 0 aliphatic carbocycles. The smallest absolute Gasteiger partial charge is 0.127 e. The number of nitrogens with one attached hydrogen (secondary N) is 1. The Kier molecular flexibility index (Phi) is 7.17. The maximum atomic E-state index is 13.8. The van der Waals surface area contributed by atoms with Crippen molar-refractivity contribution in [3.05, 3.63) is 35.6 Å². The van der Waals surface area contributed by atoms with E-state index >= 15 is 0 Å². The Morgan fingerprint density at radius 2 is 1.75 bits per heavy atom.